The van der Waals surface area contributed by atoms with E-state index in [1.54, 1.807) is 3.28 Å². The predicted octanol–water partition coefficient (Wildman–Crippen LogP) is -3.81. The van der Waals surface area contributed by atoms with Crippen LogP contribution in [-0.4, -0.2) is 4.98 Å². The van der Waals surface area contributed by atoms with Crippen LogP contribution in [0.5, 0.6) is 0 Å². The summed E-state index contributed by atoms with van der Waals surface area (Å²) in [5.74, 6) is 0. The Hall–Kier alpha value is 0.223. The number of aromatic amines is 1. The SMILES string of the molecule is Cc1c[nH][c]([Zr+2][C]2=CC=CC2)c1C.[Cl-].[Cl-]. The molecule has 0 saturated carbocycles. The van der Waals surface area contributed by atoms with Gasteiger partial charge in [-0.05, 0) is 0 Å². The van der Waals surface area contributed by atoms with Crippen molar-refractivity contribution in [1.29, 1.82) is 0 Å². The Morgan fingerprint density at radius 2 is 2.00 bits per heavy atom. The van der Waals surface area contributed by atoms with E-state index in [2.05, 4.69) is 43.3 Å². The Bertz CT molecular complexity index is 380. The van der Waals surface area contributed by atoms with E-state index in [-0.39, 0.29) is 24.8 Å². The van der Waals surface area contributed by atoms with E-state index >= 15 is 0 Å². The molecular weight excluding hydrogens is 308 g/mol. The van der Waals surface area contributed by atoms with Crippen molar-refractivity contribution < 1.29 is 48.0 Å². The number of halogens is 2. The van der Waals surface area contributed by atoms with Crippen molar-refractivity contribution in [2.24, 2.45) is 0 Å². The molecule has 0 fully saturated rings. The second-order valence-corrected chi connectivity index (χ2v) is 6.84. The third-order valence-corrected chi connectivity index (χ3v) is 6.05. The Labute approximate surface area is 115 Å². The largest absolute Gasteiger partial charge is 1.00 e. The smallest absolute Gasteiger partial charge is 1.00 e. The molecule has 0 spiro atoms. The number of allylic oxidation sites excluding steroid dienone is 4. The van der Waals surface area contributed by atoms with Gasteiger partial charge in [0.15, 0.2) is 0 Å². The summed E-state index contributed by atoms with van der Waals surface area (Å²) in [5, 5.41) is 0. The molecule has 1 heterocycles. The first-order valence-corrected chi connectivity index (χ1v) is 7.00. The molecule has 0 unspecified atom stereocenters. The summed E-state index contributed by atoms with van der Waals surface area (Å²) >= 11 is -0.486. The molecule has 1 aromatic heterocycles. The molecule has 0 bridgehead atoms. The first-order chi connectivity index (χ1) is 6.27. The summed E-state index contributed by atoms with van der Waals surface area (Å²) in [6.07, 6.45) is 10.1. The van der Waals surface area contributed by atoms with Gasteiger partial charge in [0, 0.05) is 0 Å². The van der Waals surface area contributed by atoms with Crippen molar-refractivity contribution in [3.05, 3.63) is 38.8 Å². The maximum absolute atomic E-state index is 3.41. The average Bonchev–Trinajstić information content (AvgIpc) is 2.71. The summed E-state index contributed by atoms with van der Waals surface area (Å²) in [6, 6.07) is 0. The minimum absolute atomic E-state index is 0. The molecule has 15 heavy (non-hydrogen) atoms. The predicted molar refractivity (Wildman–Crippen MR) is 51.7 cm³/mol. The van der Waals surface area contributed by atoms with Gasteiger partial charge in [0.1, 0.15) is 0 Å². The molecule has 4 heteroatoms. The Balaban J connectivity index is 0.000000980. The fraction of sp³-hybridized carbons (Fsp3) is 0.273. The fourth-order valence-corrected chi connectivity index (χ4v) is 4.50. The third-order valence-electron chi connectivity index (χ3n) is 2.46. The van der Waals surface area contributed by atoms with E-state index in [1.807, 2.05) is 0 Å². The van der Waals surface area contributed by atoms with Crippen LogP contribution in [0.4, 0.5) is 0 Å². The van der Waals surface area contributed by atoms with Crippen LogP contribution in [-0.2, 0) is 23.2 Å². The Morgan fingerprint density at radius 1 is 1.27 bits per heavy atom. The molecule has 2 rings (SSSR count). The minimum atomic E-state index is -0.486. The molecule has 1 aliphatic carbocycles. The summed E-state index contributed by atoms with van der Waals surface area (Å²) < 4.78 is 3.21. The molecule has 0 atom stereocenters. The van der Waals surface area contributed by atoms with E-state index < -0.39 is 23.2 Å². The zero-order valence-electron chi connectivity index (χ0n) is 8.77. The fourth-order valence-electron chi connectivity index (χ4n) is 1.42. The molecule has 80 valence electrons. The molecule has 1 N–H and O–H groups in total. The van der Waals surface area contributed by atoms with Gasteiger partial charge < -0.3 is 24.8 Å². The van der Waals surface area contributed by atoms with Crippen molar-refractivity contribution in [2.45, 2.75) is 20.3 Å². The van der Waals surface area contributed by atoms with Crippen LogP contribution in [0, 0.1) is 13.8 Å². The van der Waals surface area contributed by atoms with Crippen molar-refractivity contribution >= 4 is 3.40 Å². The molecular formula is C11H13Cl2NZr. The zero-order valence-corrected chi connectivity index (χ0v) is 12.7. The normalized spacial score (nSPS) is 12.5. The average molecular weight is 321 g/mol. The van der Waals surface area contributed by atoms with Gasteiger partial charge in [-0.25, -0.2) is 0 Å². The number of hydrogen-bond donors (Lipinski definition) is 1. The standard InChI is InChI=1S/C6H8N.C5H5.2ClH.Zr/c1-5-3-7-4-6(5)2;1-2-4-5-3-1;;;/h3,7H,1-2H3;1-3H,4H2;2*1H;/q;;;;+2/p-2. The topological polar surface area (TPSA) is 15.8 Å². The van der Waals surface area contributed by atoms with Gasteiger partial charge in [-0.2, -0.15) is 0 Å². The summed E-state index contributed by atoms with van der Waals surface area (Å²) in [7, 11) is 0. The first kappa shape index (κ1) is 15.2. The molecule has 0 aliphatic heterocycles. The molecule has 0 radical (unpaired) electrons. The van der Waals surface area contributed by atoms with Gasteiger partial charge in [-0.1, -0.05) is 0 Å². The number of rotatable bonds is 2. The minimum Gasteiger partial charge on any atom is -1.00 e. The van der Waals surface area contributed by atoms with Crippen LogP contribution < -0.4 is 28.2 Å². The zero-order chi connectivity index (χ0) is 9.26. The van der Waals surface area contributed by atoms with Gasteiger partial charge in [0.05, 0.1) is 0 Å². The van der Waals surface area contributed by atoms with Gasteiger partial charge in [0.25, 0.3) is 0 Å². The van der Waals surface area contributed by atoms with Crippen LogP contribution in [0.25, 0.3) is 0 Å². The quantitative estimate of drug-likeness (QED) is 0.575. The maximum atomic E-state index is 3.41. The number of aromatic nitrogens is 1. The maximum Gasteiger partial charge on any atom is -1.00 e. The van der Waals surface area contributed by atoms with E-state index in [4.69, 9.17) is 0 Å². The molecule has 1 nitrogen and oxygen atoms in total. The van der Waals surface area contributed by atoms with E-state index in [9.17, 15) is 0 Å². The Kier molecular flexibility index (Phi) is 6.83. The second kappa shape index (κ2) is 6.73. The van der Waals surface area contributed by atoms with Crippen molar-refractivity contribution in [1.82, 2.24) is 4.98 Å². The third kappa shape index (κ3) is 3.62. The van der Waals surface area contributed by atoms with Crippen molar-refractivity contribution in [3.63, 3.8) is 0 Å². The Morgan fingerprint density at radius 3 is 2.47 bits per heavy atom. The summed E-state index contributed by atoms with van der Waals surface area (Å²) in [6.45, 7) is 4.40. The van der Waals surface area contributed by atoms with E-state index in [0.29, 0.717) is 0 Å². The van der Waals surface area contributed by atoms with E-state index in [1.165, 1.54) is 20.9 Å². The van der Waals surface area contributed by atoms with Crippen molar-refractivity contribution in [3.8, 4) is 0 Å². The van der Waals surface area contributed by atoms with Gasteiger partial charge in [0.2, 0.25) is 0 Å². The summed E-state index contributed by atoms with van der Waals surface area (Å²) in [5.41, 5.74) is 2.89. The molecule has 1 aliphatic rings. The van der Waals surface area contributed by atoms with Gasteiger partial charge >= 0.3 is 90.7 Å². The first-order valence-electron chi connectivity index (χ1n) is 4.54. The van der Waals surface area contributed by atoms with Crippen LogP contribution >= 0.6 is 0 Å². The van der Waals surface area contributed by atoms with Crippen LogP contribution in [0.15, 0.2) is 27.7 Å². The van der Waals surface area contributed by atoms with Crippen molar-refractivity contribution in [2.75, 3.05) is 0 Å². The molecule has 0 saturated heterocycles. The molecule has 1 aromatic rings. The molecule has 0 amide bonds. The number of H-pyrrole nitrogens is 1. The number of aryl methyl sites for hydroxylation is 1. The summed E-state index contributed by atoms with van der Waals surface area (Å²) in [4.78, 5) is 3.41. The van der Waals surface area contributed by atoms with Crippen LogP contribution in [0.2, 0.25) is 0 Å². The van der Waals surface area contributed by atoms with Crippen LogP contribution in [0.3, 0.4) is 0 Å². The van der Waals surface area contributed by atoms with Gasteiger partial charge in [-0.15, -0.1) is 0 Å². The van der Waals surface area contributed by atoms with E-state index in [0.717, 1.165) is 0 Å². The second-order valence-electron chi connectivity index (χ2n) is 3.42. The van der Waals surface area contributed by atoms with Crippen LogP contribution in [0.1, 0.15) is 17.5 Å². The number of hydrogen-bond acceptors (Lipinski definition) is 0. The number of nitrogens with one attached hydrogen (secondary N) is 1. The monoisotopic (exact) mass is 319 g/mol. The molecule has 0 aromatic carbocycles. The van der Waals surface area contributed by atoms with Gasteiger partial charge in [-0.3, -0.25) is 0 Å².